The van der Waals surface area contributed by atoms with E-state index in [1.807, 2.05) is 6.92 Å². The van der Waals surface area contributed by atoms with Gasteiger partial charge in [-0.1, -0.05) is 0 Å². The predicted molar refractivity (Wildman–Crippen MR) is 76.8 cm³/mol. The summed E-state index contributed by atoms with van der Waals surface area (Å²) in [7, 11) is 1.68. The van der Waals surface area contributed by atoms with Crippen LogP contribution < -0.4 is 10.6 Å². The SMILES string of the molecule is CCN(c1ccc(C(=O)O)cc1N)C(C)CCOC. The van der Waals surface area contributed by atoms with Gasteiger partial charge in [0.1, 0.15) is 0 Å². The number of aromatic carboxylic acids is 1. The Morgan fingerprint density at radius 3 is 2.68 bits per heavy atom. The molecule has 1 aromatic rings. The molecule has 0 aromatic heterocycles. The summed E-state index contributed by atoms with van der Waals surface area (Å²) in [5.74, 6) is -0.964. The van der Waals surface area contributed by atoms with E-state index in [9.17, 15) is 4.79 Å². The Balaban J connectivity index is 2.95. The second kappa shape index (κ2) is 6.99. The first-order chi connectivity index (χ1) is 9.01. The lowest BCUT2D eigenvalue weighted by Crippen LogP contribution is -2.34. The monoisotopic (exact) mass is 266 g/mol. The van der Waals surface area contributed by atoms with Gasteiger partial charge in [0, 0.05) is 26.3 Å². The van der Waals surface area contributed by atoms with Crippen LogP contribution in [0.3, 0.4) is 0 Å². The largest absolute Gasteiger partial charge is 0.478 e. The highest BCUT2D eigenvalue weighted by atomic mass is 16.5. The fourth-order valence-electron chi connectivity index (χ4n) is 2.11. The first kappa shape index (κ1) is 15.3. The zero-order chi connectivity index (χ0) is 14.4. The van der Waals surface area contributed by atoms with Gasteiger partial charge in [-0.15, -0.1) is 0 Å². The van der Waals surface area contributed by atoms with Crippen LogP contribution in [0, 0.1) is 0 Å². The van der Waals surface area contributed by atoms with Crippen LogP contribution in [0.5, 0.6) is 0 Å². The maximum absolute atomic E-state index is 10.9. The summed E-state index contributed by atoms with van der Waals surface area (Å²) in [6.07, 6.45) is 0.893. The van der Waals surface area contributed by atoms with E-state index in [2.05, 4.69) is 11.8 Å². The van der Waals surface area contributed by atoms with Crippen molar-refractivity contribution in [3.05, 3.63) is 23.8 Å². The Bertz CT molecular complexity index is 435. The molecule has 0 bridgehead atoms. The lowest BCUT2D eigenvalue weighted by atomic mass is 10.1. The zero-order valence-corrected chi connectivity index (χ0v) is 11.7. The van der Waals surface area contributed by atoms with Crippen LogP contribution in [0.2, 0.25) is 0 Å². The molecule has 0 spiro atoms. The van der Waals surface area contributed by atoms with Crippen molar-refractivity contribution in [2.75, 3.05) is 30.9 Å². The summed E-state index contributed by atoms with van der Waals surface area (Å²) in [4.78, 5) is 13.0. The zero-order valence-electron chi connectivity index (χ0n) is 11.7. The predicted octanol–water partition coefficient (Wildman–Crippen LogP) is 2.22. The van der Waals surface area contributed by atoms with Gasteiger partial charge in [-0.2, -0.15) is 0 Å². The van der Waals surface area contributed by atoms with Gasteiger partial charge >= 0.3 is 5.97 Å². The number of rotatable bonds is 7. The molecule has 0 radical (unpaired) electrons. The summed E-state index contributed by atoms with van der Waals surface area (Å²) in [6.45, 7) is 5.65. The third kappa shape index (κ3) is 3.86. The number of methoxy groups -OCH3 is 1. The third-order valence-corrected chi connectivity index (χ3v) is 3.20. The van der Waals surface area contributed by atoms with Crippen LogP contribution >= 0.6 is 0 Å². The Kier molecular flexibility index (Phi) is 5.63. The molecule has 1 atom stereocenters. The standard InChI is InChI=1S/C14H22N2O3/c1-4-16(10(2)7-8-19-3)13-6-5-11(14(17)18)9-12(13)15/h5-6,9-10H,4,7-8,15H2,1-3H3,(H,17,18). The number of carbonyl (C=O) groups is 1. The number of ether oxygens (including phenoxy) is 1. The number of carboxylic acid groups (broad SMARTS) is 1. The highest BCUT2D eigenvalue weighted by Crippen LogP contribution is 2.26. The number of nitrogens with two attached hydrogens (primary N) is 1. The molecule has 0 fully saturated rings. The van der Waals surface area contributed by atoms with Gasteiger partial charge in [0.15, 0.2) is 0 Å². The average molecular weight is 266 g/mol. The van der Waals surface area contributed by atoms with E-state index in [1.165, 1.54) is 6.07 Å². The molecule has 19 heavy (non-hydrogen) atoms. The van der Waals surface area contributed by atoms with Gasteiger partial charge in [0.05, 0.1) is 16.9 Å². The maximum Gasteiger partial charge on any atom is 0.335 e. The van der Waals surface area contributed by atoms with E-state index in [0.29, 0.717) is 12.3 Å². The van der Waals surface area contributed by atoms with Crippen molar-refractivity contribution >= 4 is 17.3 Å². The molecular formula is C14H22N2O3. The van der Waals surface area contributed by atoms with E-state index < -0.39 is 5.97 Å². The number of hydrogen-bond donors (Lipinski definition) is 2. The van der Waals surface area contributed by atoms with E-state index in [1.54, 1.807) is 19.2 Å². The molecule has 1 unspecified atom stereocenters. The summed E-state index contributed by atoms with van der Waals surface area (Å²) in [5, 5.41) is 8.94. The van der Waals surface area contributed by atoms with Gasteiger partial charge in [-0.3, -0.25) is 0 Å². The van der Waals surface area contributed by atoms with Crippen LogP contribution in [-0.4, -0.2) is 37.4 Å². The average Bonchev–Trinajstić information content (AvgIpc) is 2.38. The highest BCUT2D eigenvalue weighted by Gasteiger charge is 2.16. The minimum Gasteiger partial charge on any atom is -0.478 e. The quantitative estimate of drug-likeness (QED) is 0.740. The number of nitrogen functional groups attached to an aromatic ring is 1. The first-order valence-electron chi connectivity index (χ1n) is 6.39. The van der Waals surface area contributed by atoms with Crippen LogP contribution in [0.1, 0.15) is 30.6 Å². The van der Waals surface area contributed by atoms with Crippen LogP contribution in [0.4, 0.5) is 11.4 Å². The molecule has 3 N–H and O–H groups in total. The molecular weight excluding hydrogens is 244 g/mol. The summed E-state index contributed by atoms with van der Waals surface area (Å²) in [5.41, 5.74) is 7.54. The molecule has 1 rings (SSSR count). The minimum atomic E-state index is -0.964. The lowest BCUT2D eigenvalue weighted by molar-refractivity contribution is 0.0697. The van der Waals surface area contributed by atoms with E-state index >= 15 is 0 Å². The number of nitrogens with zero attached hydrogens (tertiary/aromatic N) is 1. The topological polar surface area (TPSA) is 75.8 Å². The van der Waals surface area contributed by atoms with Crippen LogP contribution in [0.15, 0.2) is 18.2 Å². The number of benzene rings is 1. The summed E-state index contributed by atoms with van der Waals surface area (Å²) < 4.78 is 5.09. The van der Waals surface area contributed by atoms with Gasteiger partial charge in [-0.05, 0) is 38.5 Å². The molecule has 0 aliphatic rings. The molecule has 0 aliphatic heterocycles. The first-order valence-corrected chi connectivity index (χ1v) is 6.39. The Morgan fingerprint density at radius 1 is 1.53 bits per heavy atom. The molecule has 106 valence electrons. The lowest BCUT2D eigenvalue weighted by Gasteiger charge is -2.31. The Labute approximate surface area is 114 Å². The Morgan fingerprint density at radius 2 is 2.21 bits per heavy atom. The molecule has 5 heteroatoms. The fraction of sp³-hybridized carbons (Fsp3) is 0.500. The van der Waals surface area contributed by atoms with Crippen molar-refractivity contribution in [1.82, 2.24) is 0 Å². The molecule has 0 saturated heterocycles. The van der Waals surface area contributed by atoms with Gasteiger partial charge in [-0.25, -0.2) is 4.79 Å². The van der Waals surface area contributed by atoms with Crippen molar-refractivity contribution in [2.24, 2.45) is 0 Å². The van der Waals surface area contributed by atoms with Crippen molar-refractivity contribution in [2.45, 2.75) is 26.3 Å². The van der Waals surface area contributed by atoms with E-state index in [-0.39, 0.29) is 11.6 Å². The number of carboxylic acids is 1. The molecule has 0 amide bonds. The summed E-state index contributed by atoms with van der Waals surface area (Å²) in [6, 6.07) is 5.14. The van der Waals surface area contributed by atoms with Crippen LogP contribution in [0.25, 0.3) is 0 Å². The molecule has 1 aromatic carbocycles. The second-order valence-corrected chi connectivity index (χ2v) is 4.50. The smallest absolute Gasteiger partial charge is 0.335 e. The number of anilines is 2. The minimum absolute atomic E-state index is 0.210. The second-order valence-electron chi connectivity index (χ2n) is 4.50. The third-order valence-electron chi connectivity index (χ3n) is 3.20. The van der Waals surface area contributed by atoms with E-state index in [4.69, 9.17) is 15.6 Å². The molecule has 5 nitrogen and oxygen atoms in total. The van der Waals surface area contributed by atoms with Gasteiger partial charge < -0.3 is 20.5 Å². The van der Waals surface area contributed by atoms with Gasteiger partial charge in [0.2, 0.25) is 0 Å². The van der Waals surface area contributed by atoms with E-state index in [0.717, 1.165) is 18.7 Å². The van der Waals surface area contributed by atoms with Crippen molar-refractivity contribution in [3.63, 3.8) is 0 Å². The Hall–Kier alpha value is -1.75. The number of hydrogen-bond acceptors (Lipinski definition) is 4. The van der Waals surface area contributed by atoms with Crippen molar-refractivity contribution in [1.29, 1.82) is 0 Å². The molecule has 0 heterocycles. The van der Waals surface area contributed by atoms with Crippen LogP contribution in [-0.2, 0) is 4.74 Å². The normalized spacial score (nSPS) is 12.2. The molecule has 0 saturated carbocycles. The fourth-order valence-corrected chi connectivity index (χ4v) is 2.11. The highest BCUT2D eigenvalue weighted by molar-refractivity contribution is 5.90. The summed E-state index contributed by atoms with van der Waals surface area (Å²) >= 11 is 0. The van der Waals surface area contributed by atoms with Crippen molar-refractivity contribution < 1.29 is 14.6 Å². The maximum atomic E-state index is 10.9. The molecule has 0 aliphatic carbocycles. The van der Waals surface area contributed by atoms with Crippen molar-refractivity contribution in [3.8, 4) is 0 Å². The van der Waals surface area contributed by atoms with Gasteiger partial charge in [0.25, 0.3) is 0 Å².